The van der Waals surface area contributed by atoms with E-state index in [1.165, 1.54) is 43.6 Å². The molecule has 0 bridgehead atoms. The average molecular weight is 562 g/mol. The fourth-order valence-electron chi connectivity index (χ4n) is 6.78. The van der Waals surface area contributed by atoms with Gasteiger partial charge in [-0.1, -0.05) is 121 Å². The molecule has 0 atom stereocenters. The summed E-state index contributed by atoms with van der Waals surface area (Å²) in [7, 11) is 0. The molecular formula is C42H27NO. The van der Waals surface area contributed by atoms with Crippen molar-refractivity contribution in [3.63, 3.8) is 0 Å². The van der Waals surface area contributed by atoms with E-state index in [9.17, 15) is 0 Å². The number of hydrogen-bond acceptors (Lipinski definition) is 2. The highest BCUT2D eigenvalue weighted by atomic mass is 16.5. The minimum Gasteiger partial charge on any atom is -0.456 e. The van der Waals surface area contributed by atoms with E-state index in [1.54, 1.807) is 0 Å². The topological polar surface area (TPSA) is 12.5 Å². The number of fused-ring (bicyclic) bond motifs is 4. The molecule has 0 saturated carbocycles. The summed E-state index contributed by atoms with van der Waals surface area (Å²) < 4.78 is 6.73. The average Bonchev–Trinajstić information content (AvgIpc) is 3.09. The SMILES string of the molecule is c1ccc(-c2ccc3c4c(cccc24)-c2ccc(N(c4ccc5ccccc5c4)c4cccc5ccccc45)cc2O3)cc1. The number of rotatable bonds is 4. The van der Waals surface area contributed by atoms with Gasteiger partial charge in [-0.15, -0.1) is 0 Å². The van der Waals surface area contributed by atoms with Gasteiger partial charge >= 0.3 is 0 Å². The van der Waals surface area contributed by atoms with Crippen LogP contribution in [0.2, 0.25) is 0 Å². The lowest BCUT2D eigenvalue weighted by molar-refractivity contribution is 0.487. The Bertz CT molecular complexity index is 2370. The maximum Gasteiger partial charge on any atom is 0.137 e. The van der Waals surface area contributed by atoms with Crippen molar-refractivity contribution in [3.8, 4) is 33.8 Å². The predicted molar refractivity (Wildman–Crippen MR) is 185 cm³/mol. The first-order chi connectivity index (χ1) is 21.8. The van der Waals surface area contributed by atoms with Gasteiger partial charge in [-0.25, -0.2) is 0 Å². The van der Waals surface area contributed by atoms with E-state index in [0.717, 1.165) is 39.5 Å². The summed E-state index contributed by atoms with van der Waals surface area (Å²) in [6, 6.07) is 58.4. The molecule has 1 heterocycles. The quantitative estimate of drug-likeness (QED) is 0.212. The van der Waals surface area contributed by atoms with E-state index in [4.69, 9.17) is 4.74 Å². The molecule has 0 unspecified atom stereocenters. The van der Waals surface area contributed by atoms with Crippen LogP contribution in [0.25, 0.3) is 54.6 Å². The second-order valence-corrected chi connectivity index (χ2v) is 11.4. The molecule has 8 aromatic rings. The summed E-state index contributed by atoms with van der Waals surface area (Å²) in [4.78, 5) is 2.35. The van der Waals surface area contributed by atoms with Crippen LogP contribution in [0.15, 0.2) is 164 Å². The molecule has 0 aliphatic carbocycles. The number of anilines is 3. The number of nitrogens with zero attached hydrogens (tertiary/aromatic N) is 1. The zero-order chi connectivity index (χ0) is 29.0. The minimum absolute atomic E-state index is 0.862. The first-order valence-electron chi connectivity index (χ1n) is 15.0. The molecule has 206 valence electrons. The first-order valence-corrected chi connectivity index (χ1v) is 15.0. The van der Waals surface area contributed by atoms with Crippen molar-refractivity contribution in [2.75, 3.05) is 4.90 Å². The molecule has 1 aliphatic rings. The third-order valence-electron chi connectivity index (χ3n) is 8.82. The van der Waals surface area contributed by atoms with Crippen LogP contribution in [0.4, 0.5) is 17.1 Å². The lowest BCUT2D eigenvalue weighted by atomic mass is 9.90. The van der Waals surface area contributed by atoms with Crippen LogP contribution in [0.5, 0.6) is 11.5 Å². The lowest BCUT2D eigenvalue weighted by Gasteiger charge is -2.29. The molecule has 0 saturated heterocycles. The summed E-state index contributed by atoms with van der Waals surface area (Å²) in [5, 5.41) is 7.20. The van der Waals surface area contributed by atoms with E-state index >= 15 is 0 Å². The van der Waals surface area contributed by atoms with E-state index < -0.39 is 0 Å². The largest absolute Gasteiger partial charge is 0.456 e. The Morgan fingerprint density at radius 2 is 1.07 bits per heavy atom. The van der Waals surface area contributed by atoms with Gasteiger partial charge in [0.2, 0.25) is 0 Å². The highest BCUT2D eigenvalue weighted by Crippen LogP contribution is 2.51. The normalized spacial score (nSPS) is 11.8. The van der Waals surface area contributed by atoms with Crippen LogP contribution in [-0.4, -0.2) is 0 Å². The van der Waals surface area contributed by atoms with Crippen LogP contribution in [0.3, 0.4) is 0 Å². The molecule has 44 heavy (non-hydrogen) atoms. The van der Waals surface area contributed by atoms with Gasteiger partial charge in [-0.05, 0) is 74.6 Å². The summed E-state index contributed by atoms with van der Waals surface area (Å²) >= 11 is 0. The maximum absolute atomic E-state index is 6.73. The molecular weight excluding hydrogens is 534 g/mol. The number of ether oxygens (including phenoxy) is 1. The molecule has 2 nitrogen and oxygen atoms in total. The van der Waals surface area contributed by atoms with Crippen LogP contribution in [0, 0.1) is 0 Å². The van der Waals surface area contributed by atoms with Crippen molar-refractivity contribution < 1.29 is 4.74 Å². The molecule has 1 aliphatic heterocycles. The molecule has 0 aromatic heterocycles. The van der Waals surface area contributed by atoms with E-state index in [-0.39, 0.29) is 0 Å². The number of benzene rings is 8. The fourth-order valence-corrected chi connectivity index (χ4v) is 6.78. The van der Waals surface area contributed by atoms with Crippen LogP contribution >= 0.6 is 0 Å². The molecule has 0 fully saturated rings. The van der Waals surface area contributed by atoms with Gasteiger partial charge in [0.15, 0.2) is 0 Å². The smallest absolute Gasteiger partial charge is 0.137 e. The van der Waals surface area contributed by atoms with Gasteiger partial charge in [0.25, 0.3) is 0 Å². The van der Waals surface area contributed by atoms with E-state index in [2.05, 4.69) is 169 Å². The molecule has 0 N–H and O–H groups in total. The lowest BCUT2D eigenvalue weighted by Crippen LogP contribution is -2.11. The predicted octanol–water partition coefficient (Wildman–Crippen LogP) is 12.1. The fraction of sp³-hybridized carbons (Fsp3) is 0. The monoisotopic (exact) mass is 561 g/mol. The van der Waals surface area contributed by atoms with Gasteiger partial charge in [0, 0.05) is 33.8 Å². The van der Waals surface area contributed by atoms with E-state index in [1.807, 2.05) is 0 Å². The van der Waals surface area contributed by atoms with Crippen molar-refractivity contribution in [1.29, 1.82) is 0 Å². The first kappa shape index (κ1) is 24.7. The Labute approximate surface area is 256 Å². The van der Waals surface area contributed by atoms with Gasteiger partial charge in [-0.2, -0.15) is 0 Å². The summed E-state index contributed by atoms with van der Waals surface area (Å²) in [6.07, 6.45) is 0. The van der Waals surface area contributed by atoms with Crippen molar-refractivity contribution >= 4 is 49.4 Å². The standard InChI is InChI=1S/C42H27NO/c1-2-11-29(12-3-1)34-24-25-40-42-37(34)17-9-18-38(42)36-23-22-33(27-41(36)44-40)43(32-21-20-28-10-4-5-14-31(28)26-32)39-19-8-15-30-13-6-7-16-35(30)39/h1-27H. The summed E-state index contributed by atoms with van der Waals surface area (Å²) in [6.45, 7) is 0. The van der Waals surface area contributed by atoms with Crippen LogP contribution < -0.4 is 9.64 Å². The van der Waals surface area contributed by atoms with Crippen molar-refractivity contribution in [2.24, 2.45) is 0 Å². The Morgan fingerprint density at radius 1 is 0.386 bits per heavy atom. The van der Waals surface area contributed by atoms with Gasteiger partial charge in [0.1, 0.15) is 11.5 Å². The molecule has 9 rings (SSSR count). The summed E-state index contributed by atoms with van der Waals surface area (Å²) in [5.74, 6) is 1.75. The Balaban J connectivity index is 1.24. The molecule has 2 heteroatoms. The molecule has 0 spiro atoms. The maximum atomic E-state index is 6.73. The van der Waals surface area contributed by atoms with Crippen molar-refractivity contribution in [3.05, 3.63) is 164 Å². The molecule has 0 radical (unpaired) electrons. The zero-order valence-corrected chi connectivity index (χ0v) is 23.9. The third kappa shape index (κ3) is 3.89. The zero-order valence-electron chi connectivity index (χ0n) is 23.9. The Kier molecular flexibility index (Phi) is 5.54. The van der Waals surface area contributed by atoms with Crippen LogP contribution in [0.1, 0.15) is 0 Å². The third-order valence-corrected chi connectivity index (χ3v) is 8.82. The highest BCUT2D eigenvalue weighted by molar-refractivity contribution is 6.10. The van der Waals surface area contributed by atoms with Gasteiger partial charge in [0.05, 0.1) is 5.69 Å². The van der Waals surface area contributed by atoms with Crippen LogP contribution in [-0.2, 0) is 0 Å². The highest BCUT2D eigenvalue weighted by Gasteiger charge is 2.24. The van der Waals surface area contributed by atoms with Crippen molar-refractivity contribution in [2.45, 2.75) is 0 Å². The minimum atomic E-state index is 0.862. The molecule has 8 aromatic carbocycles. The van der Waals surface area contributed by atoms with E-state index in [0.29, 0.717) is 0 Å². The van der Waals surface area contributed by atoms with Crippen molar-refractivity contribution in [1.82, 2.24) is 0 Å². The number of hydrogen-bond donors (Lipinski definition) is 0. The Morgan fingerprint density at radius 3 is 1.98 bits per heavy atom. The Hall–Kier alpha value is -5.86. The molecule has 0 amide bonds. The van der Waals surface area contributed by atoms with Gasteiger partial charge < -0.3 is 9.64 Å². The second-order valence-electron chi connectivity index (χ2n) is 11.4. The summed E-state index contributed by atoms with van der Waals surface area (Å²) in [5.41, 5.74) is 8.01. The second kappa shape index (κ2) is 9.86. The van der Waals surface area contributed by atoms with Gasteiger partial charge in [-0.3, -0.25) is 0 Å².